The first kappa shape index (κ1) is 79.8. The summed E-state index contributed by atoms with van der Waals surface area (Å²) in [4.78, 5) is 9.01. The first-order valence-corrected chi connectivity index (χ1v) is 36.6. The van der Waals surface area contributed by atoms with E-state index in [1.54, 1.807) is 6.20 Å². The quantitative estimate of drug-likeness (QED) is 0.0849. The van der Waals surface area contributed by atoms with E-state index in [-0.39, 0.29) is 83.5 Å². The minimum Gasteiger partial charge on any atom is -0.305 e. The predicted octanol–water partition coefficient (Wildman–Crippen LogP) is 28.4. The van der Waals surface area contributed by atoms with Crippen LogP contribution in [0.15, 0.2) is 241 Å². The van der Waals surface area contributed by atoms with Crippen molar-refractivity contribution < 1.29 is 40.2 Å². The van der Waals surface area contributed by atoms with E-state index in [0.717, 1.165) is 74.9 Å². The van der Waals surface area contributed by atoms with Crippen LogP contribution in [0, 0.1) is 33.8 Å². The standard InChI is InChI=1S/C85H100N.C11H7BrN.2Ir/c1-78(2,3)54-82(13,14)73-35-27-58(28-36-73)64-45-65(59-29-37-74(38-30-59)83(15,16)55-79(4,5)6)48-69(47-64)71-51-68(62-24-23-25-63(44-62)77-26-21-22-43-86-77)52-72(53-71)70-49-66(60-31-39-75(40-32-60)84(17,18)56-80(7,8)9)46-67(50-70)61-33-41-76(42-34-61)85(19,20)57-81(10,11)12;12-10-5-3-4-9(8-10)11-6-1-2-7-13-11;;/h21-24,26-53H,54-57H2,1-20H3;1-3,5-8H;;/q2*-1;;. The molecule has 5 heteroatoms. The third-order valence-corrected chi connectivity index (χ3v) is 19.6. The van der Waals surface area contributed by atoms with Gasteiger partial charge >= 0.3 is 0 Å². The molecule has 2 heterocycles. The Morgan fingerprint density at radius 3 is 0.733 bits per heavy atom. The third kappa shape index (κ3) is 21.6. The Hall–Kier alpha value is -6.94. The smallest absolute Gasteiger partial charge is 0.0160 e. The van der Waals surface area contributed by atoms with Gasteiger partial charge in [0.15, 0.2) is 0 Å². The van der Waals surface area contributed by atoms with Crippen LogP contribution in [-0.2, 0) is 61.9 Å². The summed E-state index contributed by atoms with van der Waals surface area (Å²) in [5.74, 6) is 0. The molecule has 0 atom stereocenters. The van der Waals surface area contributed by atoms with Crippen LogP contribution in [0.4, 0.5) is 0 Å². The van der Waals surface area contributed by atoms with Crippen molar-refractivity contribution in [1.29, 1.82) is 0 Å². The topological polar surface area (TPSA) is 25.8 Å². The summed E-state index contributed by atoms with van der Waals surface area (Å²) in [5.41, 5.74) is 26.8. The Morgan fingerprint density at radius 2 is 0.495 bits per heavy atom. The van der Waals surface area contributed by atoms with Crippen LogP contribution in [0.2, 0.25) is 0 Å². The van der Waals surface area contributed by atoms with Crippen molar-refractivity contribution in [3.63, 3.8) is 0 Å². The summed E-state index contributed by atoms with van der Waals surface area (Å²) in [6, 6.07) is 90.5. The summed E-state index contributed by atoms with van der Waals surface area (Å²) in [7, 11) is 0. The zero-order valence-corrected chi connectivity index (χ0v) is 70.2. The maximum atomic E-state index is 4.77. The summed E-state index contributed by atoms with van der Waals surface area (Å²) >= 11 is 3.41. The average molecular weight is 1750 g/mol. The fourth-order valence-corrected chi connectivity index (χ4v) is 16.3. The Kier molecular flexibility index (Phi) is 25.2. The van der Waals surface area contributed by atoms with Gasteiger partial charge in [-0.25, -0.2) is 0 Å². The molecule has 0 amide bonds. The van der Waals surface area contributed by atoms with Crippen molar-refractivity contribution in [2.24, 2.45) is 21.7 Å². The van der Waals surface area contributed by atoms with Gasteiger partial charge in [-0.1, -0.05) is 280 Å². The van der Waals surface area contributed by atoms with E-state index in [9.17, 15) is 0 Å². The van der Waals surface area contributed by atoms with E-state index in [4.69, 9.17) is 4.98 Å². The van der Waals surface area contributed by atoms with Gasteiger partial charge in [-0.05, 0) is 242 Å². The molecule has 2 radical (unpaired) electrons. The molecular weight excluding hydrogens is 1650 g/mol. The summed E-state index contributed by atoms with van der Waals surface area (Å²) in [5, 5.41) is 0. The van der Waals surface area contributed by atoms with E-state index in [0.29, 0.717) is 0 Å². The summed E-state index contributed by atoms with van der Waals surface area (Å²) < 4.78 is 1.05. The number of aromatic nitrogens is 2. The molecule has 11 rings (SSSR count). The Bertz CT molecular complexity index is 4140. The molecule has 0 aliphatic rings. The molecule has 9 aromatic carbocycles. The van der Waals surface area contributed by atoms with Crippen LogP contribution in [0.1, 0.15) is 186 Å². The van der Waals surface area contributed by atoms with Crippen LogP contribution >= 0.6 is 15.9 Å². The van der Waals surface area contributed by atoms with Crippen LogP contribution in [0.5, 0.6) is 0 Å². The molecule has 0 bridgehead atoms. The van der Waals surface area contributed by atoms with Crippen LogP contribution in [0.3, 0.4) is 0 Å². The predicted molar refractivity (Wildman–Crippen MR) is 431 cm³/mol. The van der Waals surface area contributed by atoms with E-state index < -0.39 is 0 Å². The zero-order chi connectivity index (χ0) is 71.5. The maximum Gasteiger partial charge on any atom is 0.0160 e. The molecule has 11 aromatic rings. The molecule has 0 aliphatic carbocycles. The zero-order valence-electron chi connectivity index (χ0n) is 63.8. The molecule has 0 saturated carbocycles. The fraction of sp³-hybridized carbons (Fsp3) is 0.333. The van der Waals surface area contributed by atoms with Gasteiger partial charge in [-0.2, -0.15) is 0 Å². The first-order chi connectivity index (χ1) is 46.3. The first-order valence-electron chi connectivity index (χ1n) is 35.8. The van der Waals surface area contributed by atoms with Crippen molar-refractivity contribution in [2.75, 3.05) is 0 Å². The summed E-state index contributed by atoms with van der Waals surface area (Å²) in [6.45, 7) is 47.3. The summed E-state index contributed by atoms with van der Waals surface area (Å²) in [6.07, 6.45) is 8.03. The van der Waals surface area contributed by atoms with Crippen LogP contribution < -0.4 is 0 Å². The largest absolute Gasteiger partial charge is 0.305 e. The van der Waals surface area contributed by atoms with E-state index >= 15 is 0 Å². The number of halogens is 1. The number of benzene rings is 9. The number of hydrogen-bond donors (Lipinski definition) is 0. The Morgan fingerprint density at radius 1 is 0.257 bits per heavy atom. The molecule has 0 unspecified atom stereocenters. The number of hydrogen-bond acceptors (Lipinski definition) is 2. The van der Waals surface area contributed by atoms with Crippen LogP contribution in [0.25, 0.3) is 100 Å². The molecule has 2 aromatic heterocycles. The number of rotatable bonds is 17. The second-order valence-corrected chi connectivity index (χ2v) is 36.4. The molecule has 528 valence electrons. The molecule has 101 heavy (non-hydrogen) atoms. The molecule has 0 N–H and O–H groups in total. The second kappa shape index (κ2) is 32.0. The molecule has 0 aliphatic heterocycles. The van der Waals surface area contributed by atoms with Crippen molar-refractivity contribution in [2.45, 2.75) is 186 Å². The molecular formula is C96H107BrIr2N2-2. The minimum atomic E-state index is 0. The van der Waals surface area contributed by atoms with E-state index in [2.05, 4.69) is 354 Å². The van der Waals surface area contributed by atoms with Gasteiger partial charge in [0, 0.05) is 52.6 Å². The van der Waals surface area contributed by atoms with Gasteiger partial charge in [-0.15, -0.1) is 65.2 Å². The number of pyridine rings is 2. The number of nitrogens with zero attached hydrogens (tertiary/aromatic N) is 2. The van der Waals surface area contributed by atoms with E-state index in [1.165, 1.54) is 77.9 Å². The third-order valence-electron chi connectivity index (χ3n) is 19.1. The monoisotopic (exact) mass is 1750 g/mol. The fourth-order valence-electron chi connectivity index (χ4n) is 16.0. The Labute approximate surface area is 644 Å². The van der Waals surface area contributed by atoms with Gasteiger partial charge in [0.1, 0.15) is 0 Å². The molecule has 0 saturated heterocycles. The second-order valence-electron chi connectivity index (χ2n) is 35.5. The normalized spacial score (nSPS) is 12.4. The van der Waals surface area contributed by atoms with Gasteiger partial charge in [-0.3, -0.25) is 0 Å². The van der Waals surface area contributed by atoms with Gasteiger partial charge < -0.3 is 9.97 Å². The molecule has 0 fully saturated rings. The maximum absolute atomic E-state index is 4.77. The minimum absolute atomic E-state index is 0. The van der Waals surface area contributed by atoms with Crippen molar-refractivity contribution in [3.8, 4) is 100 Å². The van der Waals surface area contributed by atoms with Gasteiger partial charge in [0.25, 0.3) is 0 Å². The van der Waals surface area contributed by atoms with Gasteiger partial charge in [0.05, 0.1) is 0 Å². The van der Waals surface area contributed by atoms with Crippen molar-refractivity contribution >= 4 is 15.9 Å². The van der Waals surface area contributed by atoms with E-state index in [1.807, 2.05) is 48.7 Å². The van der Waals surface area contributed by atoms with Crippen LogP contribution in [-0.4, -0.2) is 9.97 Å². The Balaban J connectivity index is 0.000000771. The SMILES string of the molecule is Brc1cc[c-]c(-c2ccccn2)c1.CC(C)(C)CC(C)(C)c1ccc(-c2cc(-c3ccc(C(C)(C)CC(C)(C)C)cc3)cc(-c3cc(-c4cc[c-]c(-c5ccccn5)c4)cc(-c4cc(-c5ccc(C(C)(C)CC(C)(C)C)cc5)cc(-c5ccc(C(C)(C)CC(C)(C)C)cc5)c4)c3)c2)cc1.[Ir].[Ir]. The molecule has 0 spiro atoms. The van der Waals surface area contributed by atoms with Crippen molar-refractivity contribution in [1.82, 2.24) is 9.97 Å². The van der Waals surface area contributed by atoms with Crippen molar-refractivity contribution in [3.05, 3.63) is 276 Å². The average Bonchev–Trinajstić information content (AvgIpc) is 0.773. The molecule has 2 nitrogen and oxygen atoms in total. The van der Waals surface area contributed by atoms with Gasteiger partial charge in [0.2, 0.25) is 0 Å².